The van der Waals surface area contributed by atoms with E-state index in [0.717, 1.165) is 12.3 Å². The first-order chi connectivity index (χ1) is 15.9. The molecule has 0 fully saturated rings. The molecule has 0 saturated heterocycles. The Morgan fingerprint density at radius 1 is 0.912 bits per heavy atom. The lowest BCUT2D eigenvalue weighted by Crippen LogP contribution is -2.60. The van der Waals surface area contributed by atoms with Gasteiger partial charge < -0.3 is 24.1 Å². The summed E-state index contributed by atoms with van der Waals surface area (Å²) in [7, 11) is -4.32. The quantitative estimate of drug-likeness (QED) is 0.447. The van der Waals surface area contributed by atoms with Crippen LogP contribution in [-0.2, 0) is 20.2 Å². The molecule has 2 aromatic rings. The molecule has 0 radical (unpaired) electrons. The summed E-state index contributed by atoms with van der Waals surface area (Å²) >= 11 is 0. The molecule has 0 aliphatic rings. The molecular weight excluding hydrogens is 492 g/mol. The Morgan fingerprint density at radius 2 is 1.44 bits per heavy atom. The fraction of sp³-hybridized carbons (Fsp3) is 0.250. The van der Waals surface area contributed by atoms with E-state index in [1.54, 1.807) is 0 Å². The highest BCUT2D eigenvalue weighted by Gasteiger charge is 2.59. The number of benzene rings is 2. The van der Waals surface area contributed by atoms with Gasteiger partial charge in [0.05, 0.1) is 34.0 Å². The molecule has 0 saturated carbocycles. The molecular formula is C20H25N2O10S2+. The Kier molecular flexibility index (Phi) is 8.02. The summed E-state index contributed by atoms with van der Waals surface area (Å²) in [6, 6.07) is 8.10. The first-order valence-corrected chi connectivity index (χ1v) is 12.3. The van der Waals surface area contributed by atoms with Crippen LogP contribution in [0.1, 0.15) is 5.56 Å². The lowest BCUT2D eigenvalue weighted by atomic mass is 10.1. The van der Waals surface area contributed by atoms with Gasteiger partial charge in [-0.3, -0.25) is 0 Å². The molecule has 34 heavy (non-hydrogen) atoms. The number of carbonyl (C=O) groups is 1. The Bertz CT molecular complexity index is 1280. The number of nitrogens with one attached hydrogen (secondary N) is 1. The van der Waals surface area contributed by atoms with Gasteiger partial charge in [-0.1, -0.05) is 12.1 Å². The Morgan fingerprint density at radius 3 is 1.91 bits per heavy atom. The van der Waals surface area contributed by atoms with Crippen molar-refractivity contribution in [1.82, 2.24) is 4.72 Å². The highest BCUT2D eigenvalue weighted by Crippen LogP contribution is 2.35. The molecule has 0 spiro atoms. The highest BCUT2D eigenvalue weighted by atomic mass is 32.3. The fourth-order valence-corrected chi connectivity index (χ4v) is 6.14. The number of ether oxygens (including phenoxy) is 4. The number of methoxy groups -OCH3 is 4. The number of quaternary nitrogens is 1. The van der Waals surface area contributed by atoms with Crippen molar-refractivity contribution in [1.29, 1.82) is 0 Å². The van der Waals surface area contributed by atoms with Crippen molar-refractivity contribution in [2.75, 3.05) is 35.5 Å². The average molecular weight is 518 g/mol. The zero-order valence-corrected chi connectivity index (χ0v) is 20.6. The van der Waals surface area contributed by atoms with Gasteiger partial charge in [0.25, 0.3) is 0 Å². The maximum atomic E-state index is 13.2. The smallest absolute Gasteiger partial charge is 0.496 e. The van der Waals surface area contributed by atoms with E-state index in [0.29, 0.717) is 12.8 Å². The molecule has 2 aromatic carbocycles. The molecule has 0 heterocycles. The van der Waals surface area contributed by atoms with E-state index in [2.05, 4.69) is 0 Å². The summed E-state index contributed by atoms with van der Waals surface area (Å²) in [5.74, 6) is 0.698. The van der Waals surface area contributed by atoms with E-state index in [1.165, 1.54) is 64.8 Å². The minimum atomic E-state index is -5.12. The van der Waals surface area contributed by atoms with Crippen LogP contribution in [0.2, 0.25) is 0 Å². The van der Waals surface area contributed by atoms with Crippen molar-refractivity contribution in [3.8, 4) is 23.0 Å². The summed E-state index contributed by atoms with van der Waals surface area (Å²) < 4.78 is 72.7. The zero-order chi connectivity index (χ0) is 25.7. The largest absolute Gasteiger partial charge is 0.547 e. The second kappa shape index (κ2) is 10.2. The van der Waals surface area contributed by atoms with Crippen LogP contribution in [0.4, 0.5) is 4.79 Å². The fourth-order valence-electron chi connectivity index (χ4n) is 2.86. The van der Waals surface area contributed by atoms with Crippen LogP contribution in [0.3, 0.4) is 0 Å². The van der Waals surface area contributed by atoms with Crippen molar-refractivity contribution in [3.63, 3.8) is 0 Å². The van der Waals surface area contributed by atoms with E-state index in [9.17, 15) is 26.7 Å². The monoisotopic (exact) mass is 517 g/mol. The predicted octanol–water partition coefficient (Wildman–Crippen LogP) is 2.04. The first-order valence-electron chi connectivity index (χ1n) is 9.38. The first kappa shape index (κ1) is 26.8. The Hall–Kier alpha value is -3.49. The van der Waals surface area contributed by atoms with Crippen molar-refractivity contribution in [3.05, 3.63) is 48.2 Å². The van der Waals surface area contributed by atoms with Crippen molar-refractivity contribution < 1.29 is 49.0 Å². The average Bonchev–Trinajstić information content (AvgIpc) is 2.82. The number of carboxylic acid groups (broad SMARTS) is 1. The van der Waals surface area contributed by atoms with Gasteiger partial charge in [0.1, 0.15) is 30.0 Å². The summed E-state index contributed by atoms with van der Waals surface area (Å²) in [4.78, 5) is 11.4. The Balaban J connectivity index is 2.56. The van der Waals surface area contributed by atoms with Crippen LogP contribution in [0, 0.1) is 0 Å². The van der Waals surface area contributed by atoms with Crippen LogP contribution < -0.4 is 23.7 Å². The molecule has 2 rings (SSSR count). The van der Waals surface area contributed by atoms with Gasteiger partial charge in [-0.2, -0.15) is 21.6 Å². The molecule has 2 N–H and O–H groups in total. The lowest BCUT2D eigenvalue weighted by molar-refractivity contribution is -0.564. The number of amides is 1. The van der Waals surface area contributed by atoms with Crippen LogP contribution in [0.15, 0.2) is 47.5 Å². The third-order valence-electron chi connectivity index (χ3n) is 4.83. The Labute approximate surface area is 197 Å². The normalized spacial score (nSPS) is 13.7. The van der Waals surface area contributed by atoms with Gasteiger partial charge in [0, 0.05) is 21.6 Å². The summed E-state index contributed by atoms with van der Waals surface area (Å²) in [6.07, 6.45) is -0.0814. The van der Waals surface area contributed by atoms with Crippen LogP contribution in [0.25, 0.3) is 6.08 Å². The van der Waals surface area contributed by atoms with Gasteiger partial charge in [-0.05, 0) is 18.2 Å². The van der Waals surface area contributed by atoms with Crippen LogP contribution in [-0.4, -0.2) is 66.8 Å². The number of rotatable bonds is 10. The second-order valence-electron chi connectivity index (χ2n) is 6.63. The minimum absolute atomic E-state index is 0.216. The van der Waals surface area contributed by atoms with E-state index < -0.39 is 34.5 Å². The number of hydrogen-bond donors (Lipinski definition) is 2. The number of sulfonamides is 1. The molecule has 186 valence electrons. The molecule has 1 unspecified atom stereocenters. The van der Waals surface area contributed by atoms with E-state index in [-0.39, 0.29) is 22.8 Å². The van der Waals surface area contributed by atoms with Gasteiger partial charge in [0.2, 0.25) is 0 Å². The SMILES string of the molecule is COc1cc(OC)c(C=CNS(=O)(=O)[N+](C)(C(=O)O)S(=O)(=O)c2ccccc2OC)c(OC)c1. The predicted molar refractivity (Wildman–Crippen MR) is 122 cm³/mol. The zero-order valence-electron chi connectivity index (χ0n) is 19.0. The van der Waals surface area contributed by atoms with Crippen molar-refractivity contribution >= 4 is 32.4 Å². The van der Waals surface area contributed by atoms with Gasteiger partial charge >= 0.3 is 26.3 Å². The highest BCUT2D eigenvalue weighted by molar-refractivity contribution is 7.98. The van der Waals surface area contributed by atoms with E-state index in [1.807, 2.05) is 4.72 Å². The molecule has 1 atom stereocenters. The lowest BCUT2D eigenvalue weighted by Gasteiger charge is -2.25. The number of nitrogens with zero attached hydrogens (tertiary/aromatic N) is 1. The summed E-state index contributed by atoms with van der Waals surface area (Å²) in [6.45, 7) is 0. The summed E-state index contributed by atoms with van der Waals surface area (Å²) in [5.41, 5.74) is 0.283. The van der Waals surface area contributed by atoms with E-state index in [4.69, 9.17) is 18.9 Å². The van der Waals surface area contributed by atoms with Gasteiger partial charge in [-0.15, -0.1) is 0 Å². The van der Waals surface area contributed by atoms with Crippen LogP contribution in [0.5, 0.6) is 23.0 Å². The van der Waals surface area contributed by atoms with Crippen LogP contribution >= 0.6 is 0 Å². The molecule has 0 aliphatic carbocycles. The maximum Gasteiger partial charge on any atom is 0.547 e. The van der Waals surface area contributed by atoms with Crippen molar-refractivity contribution in [2.45, 2.75) is 4.90 Å². The molecule has 0 aliphatic heterocycles. The molecule has 1 amide bonds. The second-order valence-corrected chi connectivity index (χ2v) is 10.9. The van der Waals surface area contributed by atoms with E-state index >= 15 is 0 Å². The maximum absolute atomic E-state index is 13.2. The molecule has 12 nitrogen and oxygen atoms in total. The number of para-hydroxylation sites is 1. The molecule has 0 bridgehead atoms. The third kappa shape index (κ3) is 4.60. The third-order valence-corrected chi connectivity index (χ3v) is 9.48. The van der Waals surface area contributed by atoms with Gasteiger partial charge in [-0.25, -0.2) is 4.72 Å². The minimum Gasteiger partial charge on any atom is -0.496 e. The molecule has 14 heteroatoms. The topological polar surface area (TPSA) is 155 Å². The summed E-state index contributed by atoms with van der Waals surface area (Å²) in [5, 5.41) is 9.72. The number of hydrogen-bond acceptors (Lipinski definition) is 9. The van der Waals surface area contributed by atoms with Gasteiger partial charge in [0.15, 0.2) is 4.90 Å². The van der Waals surface area contributed by atoms with Crippen molar-refractivity contribution in [2.24, 2.45) is 0 Å². The standard InChI is InChI=1S/C20H24N2O10S2/c1-22(20(23)24,33(25,26)19-9-7-6-8-16(19)30-3)34(27,28)21-11-10-15-17(31-4)12-14(29-2)13-18(15)32-5/h6-13,21H,1-5H3/p+1. The molecule has 0 aromatic heterocycles.